The second-order valence-corrected chi connectivity index (χ2v) is 5.40. The van der Waals surface area contributed by atoms with Gasteiger partial charge in [0.15, 0.2) is 0 Å². The summed E-state index contributed by atoms with van der Waals surface area (Å²) in [5.74, 6) is -1.61. The highest BCUT2D eigenvalue weighted by molar-refractivity contribution is 6.35. The standard InChI is InChI=1S/C20H22N4O2/c1-3-5-15-7-11-17(12-8-15)21-23-19(25)20(26)24-22-18-13-9-16(6-4-2)10-14-18/h3-14,21-22H,1-2H3,(H,23,25)(H,24,26). The lowest BCUT2D eigenvalue weighted by Crippen LogP contribution is -2.44. The third-order valence-corrected chi connectivity index (χ3v) is 3.39. The maximum Gasteiger partial charge on any atom is 0.329 e. The van der Waals surface area contributed by atoms with Crippen molar-refractivity contribution in [3.63, 3.8) is 0 Å². The van der Waals surface area contributed by atoms with E-state index in [1.807, 2.05) is 62.4 Å². The molecule has 0 spiro atoms. The molecule has 0 aliphatic carbocycles. The summed E-state index contributed by atoms with van der Waals surface area (Å²) in [6.07, 6.45) is 7.81. The number of carbonyl (C=O) groups excluding carboxylic acids is 2. The number of carbonyl (C=O) groups is 2. The molecule has 0 aliphatic heterocycles. The fraction of sp³-hybridized carbons (Fsp3) is 0.100. The molecule has 0 fully saturated rings. The fourth-order valence-electron chi connectivity index (χ4n) is 2.11. The van der Waals surface area contributed by atoms with Gasteiger partial charge in [0.1, 0.15) is 0 Å². The Balaban J connectivity index is 1.79. The van der Waals surface area contributed by atoms with Crippen molar-refractivity contribution in [1.29, 1.82) is 0 Å². The molecule has 6 heteroatoms. The van der Waals surface area contributed by atoms with Crippen LogP contribution in [-0.4, -0.2) is 11.8 Å². The van der Waals surface area contributed by atoms with Gasteiger partial charge in [-0.3, -0.25) is 31.3 Å². The first-order valence-electron chi connectivity index (χ1n) is 8.20. The Morgan fingerprint density at radius 3 is 1.31 bits per heavy atom. The quantitative estimate of drug-likeness (QED) is 0.476. The molecule has 0 saturated carbocycles. The normalized spacial score (nSPS) is 10.7. The maximum absolute atomic E-state index is 11.8. The van der Waals surface area contributed by atoms with Crippen LogP contribution in [-0.2, 0) is 9.59 Å². The smallest absolute Gasteiger partial charge is 0.298 e. The second kappa shape index (κ2) is 9.68. The van der Waals surface area contributed by atoms with Gasteiger partial charge in [0, 0.05) is 0 Å². The Labute approximate surface area is 152 Å². The van der Waals surface area contributed by atoms with E-state index in [1.54, 1.807) is 24.3 Å². The second-order valence-electron chi connectivity index (χ2n) is 5.40. The van der Waals surface area contributed by atoms with E-state index in [2.05, 4.69) is 21.7 Å². The van der Waals surface area contributed by atoms with Crippen LogP contribution >= 0.6 is 0 Å². The van der Waals surface area contributed by atoms with Crippen molar-refractivity contribution in [2.75, 3.05) is 10.9 Å². The van der Waals surface area contributed by atoms with Gasteiger partial charge in [0.25, 0.3) is 0 Å². The number of amides is 2. The van der Waals surface area contributed by atoms with Crippen LogP contribution in [0.5, 0.6) is 0 Å². The van der Waals surface area contributed by atoms with Gasteiger partial charge in [0.2, 0.25) is 0 Å². The highest BCUT2D eigenvalue weighted by Gasteiger charge is 2.12. The minimum absolute atomic E-state index is 0.673. The van der Waals surface area contributed by atoms with Gasteiger partial charge in [-0.05, 0) is 49.2 Å². The summed E-state index contributed by atoms with van der Waals surface area (Å²) in [6.45, 7) is 3.88. The Bertz CT molecular complexity index is 724. The summed E-state index contributed by atoms with van der Waals surface area (Å²) < 4.78 is 0. The van der Waals surface area contributed by atoms with Crippen molar-refractivity contribution in [2.24, 2.45) is 0 Å². The molecule has 0 unspecified atom stereocenters. The number of allylic oxidation sites excluding steroid dienone is 2. The summed E-state index contributed by atoms with van der Waals surface area (Å²) in [6, 6.07) is 14.8. The van der Waals surface area contributed by atoms with Gasteiger partial charge in [-0.25, -0.2) is 0 Å². The molecule has 4 N–H and O–H groups in total. The third kappa shape index (κ3) is 5.83. The van der Waals surface area contributed by atoms with Crippen LogP contribution in [0.1, 0.15) is 25.0 Å². The molecular weight excluding hydrogens is 328 g/mol. The molecular formula is C20H22N4O2. The average Bonchev–Trinajstić information content (AvgIpc) is 2.67. The largest absolute Gasteiger partial charge is 0.329 e. The van der Waals surface area contributed by atoms with Crippen molar-refractivity contribution in [2.45, 2.75) is 13.8 Å². The SMILES string of the molecule is CC=Cc1ccc(NNC(=O)C(=O)NNc2ccc(C=CC)cc2)cc1. The van der Waals surface area contributed by atoms with E-state index in [-0.39, 0.29) is 0 Å². The predicted octanol–water partition coefficient (Wildman–Crippen LogP) is 3.34. The molecule has 2 aromatic carbocycles. The molecule has 26 heavy (non-hydrogen) atoms. The highest BCUT2D eigenvalue weighted by atomic mass is 16.2. The molecule has 0 heterocycles. The van der Waals surface area contributed by atoms with Crippen LogP contribution < -0.4 is 21.7 Å². The third-order valence-electron chi connectivity index (χ3n) is 3.39. The summed E-state index contributed by atoms with van der Waals surface area (Å²) in [4.78, 5) is 23.6. The van der Waals surface area contributed by atoms with E-state index in [9.17, 15) is 9.59 Å². The number of rotatable bonds is 6. The Kier molecular flexibility index (Phi) is 7.00. The molecule has 134 valence electrons. The van der Waals surface area contributed by atoms with Crippen molar-refractivity contribution in [1.82, 2.24) is 10.9 Å². The Morgan fingerprint density at radius 2 is 1.00 bits per heavy atom. The number of hydrazine groups is 2. The lowest BCUT2D eigenvalue weighted by atomic mass is 10.2. The zero-order valence-corrected chi connectivity index (χ0v) is 14.7. The molecule has 0 aromatic heterocycles. The van der Waals surface area contributed by atoms with E-state index in [0.29, 0.717) is 11.4 Å². The summed E-state index contributed by atoms with van der Waals surface area (Å²) >= 11 is 0. The molecule has 0 saturated heterocycles. The van der Waals surface area contributed by atoms with Gasteiger partial charge in [-0.2, -0.15) is 0 Å². The summed E-state index contributed by atoms with van der Waals surface area (Å²) in [5.41, 5.74) is 13.5. The van der Waals surface area contributed by atoms with Gasteiger partial charge in [-0.15, -0.1) is 0 Å². The van der Waals surface area contributed by atoms with Gasteiger partial charge >= 0.3 is 11.8 Å². The molecule has 0 bridgehead atoms. The molecule has 0 aliphatic rings. The first kappa shape index (κ1) is 18.8. The topological polar surface area (TPSA) is 82.3 Å². The average molecular weight is 350 g/mol. The van der Waals surface area contributed by atoms with Crippen LogP contribution in [0.3, 0.4) is 0 Å². The van der Waals surface area contributed by atoms with Crippen LogP contribution in [0.2, 0.25) is 0 Å². The Morgan fingerprint density at radius 1 is 0.654 bits per heavy atom. The molecule has 2 rings (SSSR count). The monoisotopic (exact) mass is 350 g/mol. The zero-order valence-electron chi connectivity index (χ0n) is 14.7. The van der Waals surface area contributed by atoms with Crippen LogP contribution in [0.15, 0.2) is 60.7 Å². The molecule has 2 aromatic rings. The fourth-order valence-corrected chi connectivity index (χ4v) is 2.11. The van der Waals surface area contributed by atoms with E-state index >= 15 is 0 Å². The van der Waals surface area contributed by atoms with Crippen molar-refractivity contribution in [3.05, 3.63) is 71.8 Å². The van der Waals surface area contributed by atoms with E-state index in [0.717, 1.165) is 11.1 Å². The van der Waals surface area contributed by atoms with Gasteiger partial charge in [0.05, 0.1) is 11.4 Å². The maximum atomic E-state index is 11.8. The number of hydrogen-bond donors (Lipinski definition) is 4. The van der Waals surface area contributed by atoms with E-state index in [4.69, 9.17) is 0 Å². The van der Waals surface area contributed by atoms with Crippen molar-refractivity contribution < 1.29 is 9.59 Å². The minimum atomic E-state index is -0.805. The lowest BCUT2D eigenvalue weighted by Gasteiger charge is -2.10. The van der Waals surface area contributed by atoms with Gasteiger partial charge in [-0.1, -0.05) is 48.6 Å². The summed E-state index contributed by atoms with van der Waals surface area (Å²) in [5, 5.41) is 0. The number of nitrogens with one attached hydrogen (secondary N) is 4. The highest BCUT2D eigenvalue weighted by Crippen LogP contribution is 2.10. The van der Waals surface area contributed by atoms with Crippen LogP contribution in [0.25, 0.3) is 12.2 Å². The summed E-state index contributed by atoms with van der Waals surface area (Å²) in [7, 11) is 0. The van der Waals surface area contributed by atoms with Crippen molar-refractivity contribution >= 4 is 35.3 Å². The van der Waals surface area contributed by atoms with Crippen LogP contribution in [0, 0.1) is 0 Å². The number of benzene rings is 2. The van der Waals surface area contributed by atoms with E-state index in [1.165, 1.54) is 0 Å². The molecule has 0 radical (unpaired) electrons. The molecule has 6 nitrogen and oxygen atoms in total. The van der Waals surface area contributed by atoms with Crippen molar-refractivity contribution in [3.8, 4) is 0 Å². The minimum Gasteiger partial charge on any atom is -0.298 e. The number of anilines is 2. The predicted molar refractivity (Wildman–Crippen MR) is 106 cm³/mol. The zero-order chi connectivity index (χ0) is 18.8. The van der Waals surface area contributed by atoms with E-state index < -0.39 is 11.8 Å². The van der Waals surface area contributed by atoms with Crippen LogP contribution in [0.4, 0.5) is 11.4 Å². The first-order chi connectivity index (χ1) is 12.6. The van der Waals surface area contributed by atoms with Gasteiger partial charge < -0.3 is 0 Å². The number of hydrogen-bond acceptors (Lipinski definition) is 4. The Hall–Kier alpha value is -3.54. The molecule has 0 atom stereocenters. The molecule has 2 amide bonds. The lowest BCUT2D eigenvalue weighted by molar-refractivity contribution is -0.138. The first-order valence-corrected chi connectivity index (χ1v) is 8.20.